The number of aliphatic hydroxyl groups is 1. The van der Waals surface area contributed by atoms with Crippen molar-refractivity contribution in [2.24, 2.45) is 5.92 Å². The Morgan fingerprint density at radius 3 is 2.28 bits per heavy atom. The van der Waals surface area contributed by atoms with Crippen molar-refractivity contribution in [1.82, 2.24) is 14.7 Å². The molecule has 1 fully saturated rings. The first-order valence-corrected chi connectivity index (χ1v) is 20.0. The van der Waals surface area contributed by atoms with Crippen LogP contribution in [0.1, 0.15) is 30.0 Å². The van der Waals surface area contributed by atoms with Gasteiger partial charge in [-0.15, -0.1) is 0 Å². The minimum absolute atomic E-state index is 0.109. The highest BCUT2D eigenvalue weighted by molar-refractivity contribution is 6.72. The van der Waals surface area contributed by atoms with E-state index in [1.807, 2.05) is 85.8 Å². The van der Waals surface area contributed by atoms with Crippen LogP contribution in [0.2, 0.25) is 18.6 Å². The number of hydrogen-bond acceptors (Lipinski definition) is 5. The number of fused-ring (bicyclic) bond motifs is 3. The van der Waals surface area contributed by atoms with E-state index in [1.54, 1.807) is 47.2 Å². The molecule has 50 heavy (non-hydrogen) atoms. The van der Waals surface area contributed by atoms with E-state index in [9.17, 15) is 19.5 Å². The summed E-state index contributed by atoms with van der Waals surface area (Å²) in [5.41, 5.74) is 1.63. The van der Waals surface area contributed by atoms with Gasteiger partial charge in [0.05, 0.1) is 48.0 Å². The van der Waals surface area contributed by atoms with Gasteiger partial charge in [0.1, 0.15) is 0 Å². The summed E-state index contributed by atoms with van der Waals surface area (Å²) in [5, 5.41) is 13.5. The average Bonchev–Trinajstić information content (AvgIpc) is 3.68. The van der Waals surface area contributed by atoms with Crippen LogP contribution in [0.4, 0.5) is 9.80 Å². The maximum atomic E-state index is 16.6. The fraction of sp³-hybridized carbons (Fsp3) is 0.308. The molecule has 7 rings (SSSR count). The standard InChI is InChI=1S/C39H41FN4O5Si/c1-26-36(50(2,3)40)34(23-35(46)42(20-21-45)24-27-12-6-4-7-13-27)49-39(26)31-22-29(44-37(47)30-16-10-11-17-32(30)41-44)18-19-33(31)43(38(39)48)25-28-14-8-5-9-15-28/h4-19,22,26,34,36,41,45H,20-21,23-25H2,1-3H3/t26-,34+,36-,39+/m1/s1. The molecule has 2 aliphatic heterocycles. The third-order valence-electron chi connectivity index (χ3n) is 10.3. The molecule has 4 aromatic carbocycles. The van der Waals surface area contributed by atoms with Crippen LogP contribution < -0.4 is 10.5 Å². The van der Waals surface area contributed by atoms with Gasteiger partial charge in [0.2, 0.25) is 14.3 Å². The minimum Gasteiger partial charge on any atom is -0.395 e. The molecule has 9 nitrogen and oxygen atoms in total. The first kappa shape index (κ1) is 33.6. The van der Waals surface area contributed by atoms with Gasteiger partial charge in [-0.2, -0.15) is 0 Å². The van der Waals surface area contributed by atoms with Crippen molar-refractivity contribution < 1.29 is 23.5 Å². The van der Waals surface area contributed by atoms with Gasteiger partial charge in [-0.25, -0.2) is 4.68 Å². The molecule has 1 saturated heterocycles. The molecule has 4 atom stereocenters. The predicted molar refractivity (Wildman–Crippen MR) is 193 cm³/mol. The number of rotatable bonds is 10. The topological polar surface area (TPSA) is 108 Å². The number of aromatic nitrogens is 2. The molecule has 3 heterocycles. The summed E-state index contributed by atoms with van der Waals surface area (Å²) in [5.74, 6) is -1.24. The molecule has 0 bridgehead atoms. The van der Waals surface area contributed by atoms with Crippen molar-refractivity contribution in [1.29, 1.82) is 0 Å². The van der Waals surface area contributed by atoms with E-state index in [0.717, 1.165) is 11.1 Å². The lowest BCUT2D eigenvalue weighted by molar-refractivity contribution is -0.150. The summed E-state index contributed by atoms with van der Waals surface area (Å²) in [6.07, 6.45) is -1.04. The number of hydrogen-bond donors (Lipinski definition) is 2. The summed E-state index contributed by atoms with van der Waals surface area (Å²) >= 11 is 0. The first-order chi connectivity index (χ1) is 24.0. The van der Waals surface area contributed by atoms with Crippen molar-refractivity contribution in [2.75, 3.05) is 18.1 Å². The Balaban J connectivity index is 1.32. The van der Waals surface area contributed by atoms with Gasteiger partial charge in [0, 0.05) is 30.1 Å². The van der Waals surface area contributed by atoms with Crippen LogP contribution in [0.5, 0.6) is 0 Å². The molecule has 11 heteroatoms. The zero-order chi connectivity index (χ0) is 35.2. The quantitative estimate of drug-likeness (QED) is 0.137. The maximum absolute atomic E-state index is 16.6. The van der Waals surface area contributed by atoms with E-state index in [4.69, 9.17) is 4.74 Å². The monoisotopic (exact) mass is 692 g/mol. The molecular weight excluding hydrogens is 652 g/mol. The number of amides is 2. The number of H-pyrrole nitrogens is 1. The second kappa shape index (κ2) is 13.1. The van der Waals surface area contributed by atoms with Crippen molar-refractivity contribution in [3.8, 4) is 5.69 Å². The molecule has 2 amide bonds. The lowest BCUT2D eigenvalue weighted by Crippen LogP contribution is -2.45. The third-order valence-corrected chi connectivity index (χ3v) is 12.8. The number of para-hydroxylation sites is 1. The molecule has 0 saturated carbocycles. The smallest absolute Gasteiger partial charge is 0.279 e. The second-order valence-corrected chi connectivity index (χ2v) is 17.7. The van der Waals surface area contributed by atoms with Gasteiger partial charge in [0.25, 0.3) is 11.5 Å². The lowest BCUT2D eigenvalue weighted by Gasteiger charge is -2.31. The van der Waals surface area contributed by atoms with Gasteiger partial charge in [0.15, 0.2) is 5.60 Å². The molecule has 2 aliphatic rings. The Morgan fingerprint density at radius 2 is 1.62 bits per heavy atom. The number of ether oxygens (including phenoxy) is 1. The molecule has 1 aromatic heterocycles. The predicted octanol–water partition coefficient (Wildman–Crippen LogP) is 6.05. The normalized spacial score (nSPS) is 21.7. The highest BCUT2D eigenvalue weighted by Crippen LogP contribution is 2.60. The number of benzene rings is 4. The molecule has 0 aliphatic carbocycles. The minimum atomic E-state index is -3.57. The zero-order valence-corrected chi connectivity index (χ0v) is 29.4. The maximum Gasteiger partial charge on any atom is 0.279 e. The Morgan fingerprint density at radius 1 is 0.960 bits per heavy atom. The number of halogens is 1. The number of carbonyl (C=O) groups excluding carboxylic acids is 2. The van der Waals surface area contributed by atoms with Crippen LogP contribution in [0.25, 0.3) is 16.6 Å². The number of aromatic amines is 1. The largest absolute Gasteiger partial charge is 0.395 e. The van der Waals surface area contributed by atoms with Crippen molar-refractivity contribution in [3.05, 3.63) is 130 Å². The van der Waals surface area contributed by atoms with Crippen LogP contribution in [0.3, 0.4) is 0 Å². The number of anilines is 1. The summed E-state index contributed by atoms with van der Waals surface area (Å²) in [6.45, 7) is 5.49. The van der Waals surface area contributed by atoms with Gasteiger partial charge >= 0.3 is 0 Å². The summed E-state index contributed by atoms with van der Waals surface area (Å²) in [7, 11) is -3.57. The molecule has 0 radical (unpaired) electrons. The fourth-order valence-electron chi connectivity index (χ4n) is 8.06. The van der Waals surface area contributed by atoms with E-state index >= 15 is 4.11 Å². The van der Waals surface area contributed by atoms with Gasteiger partial charge < -0.3 is 23.8 Å². The van der Waals surface area contributed by atoms with E-state index in [1.165, 1.54) is 4.68 Å². The first-order valence-electron chi connectivity index (χ1n) is 17.0. The van der Waals surface area contributed by atoms with Crippen LogP contribution >= 0.6 is 0 Å². The lowest BCUT2D eigenvalue weighted by atomic mass is 9.82. The molecule has 258 valence electrons. The van der Waals surface area contributed by atoms with E-state index in [0.29, 0.717) is 27.8 Å². The third kappa shape index (κ3) is 5.78. The number of carbonyl (C=O) groups is 2. The van der Waals surface area contributed by atoms with Crippen LogP contribution in [-0.4, -0.2) is 59.3 Å². The second-order valence-electron chi connectivity index (χ2n) is 13.9. The fourth-order valence-corrected chi connectivity index (χ4v) is 10.5. The molecule has 5 aromatic rings. The van der Waals surface area contributed by atoms with E-state index in [2.05, 4.69) is 5.10 Å². The van der Waals surface area contributed by atoms with Crippen LogP contribution in [0, 0.1) is 5.92 Å². The van der Waals surface area contributed by atoms with Gasteiger partial charge in [-0.1, -0.05) is 79.7 Å². The van der Waals surface area contributed by atoms with Gasteiger partial charge in [-0.3, -0.25) is 19.5 Å². The average molecular weight is 693 g/mol. The Kier molecular flexibility index (Phi) is 8.83. The highest BCUT2D eigenvalue weighted by atomic mass is 28.4. The Labute approximate surface area is 291 Å². The van der Waals surface area contributed by atoms with Crippen molar-refractivity contribution >= 4 is 36.8 Å². The SMILES string of the molecule is C[C@@H]1[C@@H]([Si](C)(C)F)[C@H](CC(=O)N(CCO)Cc2ccccc2)O[C@@]12C(=O)N(Cc1ccccc1)c1ccc(-n3[nH]c4ccccc4c3=O)cc12. The summed E-state index contributed by atoms with van der Waals surface area (Å²) in [6, 6.07) is 31.8. The zero-order valence-electron chi connectivity index (χ0n) is 28.4. The Hall–Kier alpha value is -4.84. The van der Waals surface area contributed by atoms with Crippen molar-refractivity contribution in [3.63, 3.8) is 0 Å². The number of nitrogens with zero attached hydrogens (tertiary/aromatic N) is 3. The number of nitrogens with one attached hydrogen (secondary N) is 1. The van der Waals surface area contributed by atoms with E-state index in [-0.39, 0.29) is 50.0 Å². The van der Waals surface area contributed by atoms with Crippen LogP contribution in [0.15, 0.2) is 108 Å². The molecule has 2 N–H and O–H groups in total. The van der Waals surface area contributed by atoms with Crippen LogP contribution in [-0.2, 0) is 33.0 Å². The number of aliphatic hydroxyl groups excluding tert-OH is 1. The highest BCUT2D eigenvalue weighted by Gasteiger charge is 2.67. The molecule has 0 unspecified atom stereocenters. The molecule has 1 spiro atoms. The Bertz CT molecular complexity index is 2100. The van der Waals surface area contributed by atoms with E-state index < -0.39 is 31.6 Å². The summed E-state index contributed by atoms with van der Waals surface area (Å²) in [4.78, 5) is 45.6. The van der Waals surface area contributed by atoms with Gasteiger partial charge in [-0.05, 0) is 54.6 Å². The molecular formula is C39H41FN4O5Si. The summed E-state index contributed by atoms with van der Waals surface area (Å²) < 4.78 is 24.9. The van der Waals surface area contributed by atoms with Crippen molar-refractivity contribution in [2.45, 2.75) is 56.8 Å².